The molecule has 1 saturated heterocycles. The fourth-order valence-electron chi connectivity index (χ4n) is 1.59. The van der Waals surface area contributed by atoms with E-state index < -0.39 is 24.3 Å². The summed E-state index contributed by atoms with van der Waals surface area (Å²) < 4.78 is 41.9. The zero-order valence-electron chi connectivity index (χ0n) is 12.2. The topological polar surface area (TPSA) is 80.1 Å². The van der Waals surface area contributed by atoms with Crippen LogP contribution in [0.1, 0.15) is 5.56 Å². The molecule has 0 radical (unpaired) electrons. The van der Waals surface area contributed by atoms with Gasteiger partial charge in [-0.05, 0) is 17.3 Å². The third-order valence-electron chi connectivity index (χ3n) is 2.77. The Balaban J connectivity index is 2.03. The van der Waals surface area contributed by atoms with Gasteiger partial charge in [0.2, 0.25) is 0 Å². The van der Waals surface area contributed by atoms with Crippen LogP contribution in [0.25, 0.3) is 0 Å². The molecule has 2 rings (SSSR count). The number of amidine groups is 1. The molecule has 126 valence electrons. The fraction of sp³-hybridized carbons (Fsp3) is 0.0769. The van der Waals surface area contributed by atoms with Crippen LogP contribution in [0.15, 0.2) is 45.4 Å². The average Bonchev–Trinajstić information content (AvgIpc) is 2.86. The Morgan fingerprint density at radius 3 is 2.54 bits per heavy atom. The van der Waals surface area contributed by atoms with Crippen molar-refractivity contribution in [2.45, 2.75) is 0 Å². The second kappa shape index (κ2) is 7.34. The number of thioether (sulfide) groups is 1. The van der Waals surface area contributed by atoms with Crippen molar-refractivity contribution < 1.29 is 27.3 Å². The molecule has 0 saturated carbocycles. The van der Waals surface area contributed by atoms with Crippen LogP contribution in [0.4, 0.5) is 12.9 Å². The van der Waals surface area contributed by atoms with Crippen molar-refractivity contribution in [3.8, 4) is 0 Å². The highest BCUT2D eigenvalue weighted by molar-refractivity contribution is 8.18. The number of amides is 1. The zero-order valence-corrected chi connectivity index (χ0v) is 13.0. The minimum absolute atomic E-state index is 0.104. The Morgan fingerprint density at radius 1 is 1.29 bits per heavy atom. The number of nitrogens with zero attached hydrogens (tertiary/aromatic N) is 2. The summed E-state index contributed by atoms with van der Waals surface area (Å²) in [6.45, 7) is -5.03. The van der Waals surface area contributed by atoms with Crippen molar-refractivity contribution in [2.24, 2.45) is 10.2 Å². The van der Waals surface area contributed by atoms with Gasteiger partial charge in [0, 0.05) is 6.08 Å². The summed E-state index contributed by atoms with van der Waals surface area (Å²) in [5.74, 6) is -1.19. The van der Waals surface area contributed by atoms with Gasteiger partial charge < -0.3 is 17.7 Å². The zero-order chi connectivity index (χ0) is 17.7. The maximum Gasteiger partial charge on any atom is 0.509 e. The second-order valence-corrected chi connectivity index (χ2v) is 5.51. The van der Waals surface area contributed by atoms with E-state index >= 15 is 0 Å². The Kier molecular flexibility index (Phi) is 5.44. The Labute approximate surface area is 138 Å². The normalized spacial score (nSPS) is 18.4. The maximum atomic E-state index is 12.5. The van der Waals surface area contributed by atoms with E-state index in [2.05, 4.69) is 20.3 Å². The molecule has 0 unspecified atom stereocenters. The van der Waals surface area contributed by atoms with Gasteiger partial charge in [0.1, 0.15) is 0 Å². The number of hydrogen-bond donors (Lipinski definition) is 1. The number of nitrogens with one attached hydrogen (secondary N) is 1. The second-order valence-electron chi connectivity index (χ2n) is 4.48. The van der Waals surface area contributed by atoms with Gasteiger partial charge in [-0.3, -0.25) is 10.1 Å². The molecule has 1 aromatic rings. The molecular weight excluding hydrogens is 346 g/mol. The third-order valence-corrected chi connectivity index (χ3v) is 3.67. The molecule has 0 aliphatic carbocycles. The van der Waals surface area contributed by atoms with Crippen LogP contribution in [0.2, 0.25) is 0 Å². The van der Waals surface area contributed by atoms with Gasteiger partial charge >= 0.3 is 12.9 Å². The van der Waals surface area contributed by atoms with E-state index in [9.17, 15) is 22.5 Å². The van der Waals surface area contributed by atoms with Crippen molar-refractivity contribution in [3.63, 3.8) is 0 Å². The molecule has 24 heavy (non-hydrogen) atoms. The van der Waals surface area contributed by atoms with Gasteiger partial charge in [-0.1, -0.05) is 24.3 Å². The summed E-state index contributed by atoms with van der Waals surface area (Å²) in [4.78, 5) is 22.7. The molecular formula is C13H10BF3N3O3S-. The van der Waals surface area contributed by atoms with Crippen LogP contribution in [-0.4, -0.2) is 37.3 Å². The maximum absolute atomic E-state index is 12.5. The molecule has 1 aliphatic heterocycles. The number of halogens is 3. The van der Waals surface area contributed by atoms with Gasteiger partial charge in [-0.2, -0.15) is 5.10 Å². The number of methoxy groups -OCH3 is 1. The number of carbonyl (C=O) groups excluding carboxylic acids is 2. The summed E-state index contributed by atoms with van der Waals surface area (Å²) in [6.07, 6.45) is 2.26. The molecule has 0 spiro atoms. The lowest BCUT2D eigenvalue weighted by Crippen LogP contribution is -2.33. The van der Waals surface area contributed by atoms with Crippen LogP contribution < -0.4 is 10.8 Å². The Bertz CT molecular complexity index is 745. The van der Waals surface area contributed by atoms with E-state index in [1.165, 1.54) is 25.5 Å². The van der Waals surface area contributed by atoms with Crippen LogP contribution in [0, 0.1) is 0 Å². The Morgan fingerprint density at radius 2 is 1.96 bits per heavy atom. The summed E-state index contributed by atoms with van der Waals surface area (Å²) in [5, 5.41) is 9.95. The SMILES string of the molecule is COC(=O)/C=C1/S/C(=N\N=Cc2ccc([B-](F)(F)F)cc2)NC1=O. The van der Waals surface area contributed by atoms with Gasteiger partial charge in [-0.15, -0.1) is 10.6 Å². The highest BCUT2D eigenvalue weighted by Gasteiger charge is 2.25. The lowest BCUT2D eigenvalue weighted by atomic mass is 9.80. The van der Waals surface area contributed by atoms with Gasteiger partial charge in [0.05, 0.1) is 18.2 Å². The van der Waals surface area contributed by atoms with Crippen LogP contribution in [0.3, 0.4) is 0 Å². The molecule has 1 amide bonds. The predicted octanol–water partition coefficient (Wildman–Crippen LogP) is 1.35. The largest absolute Gasteiger partial charge is 0.509 e. The Hall–Kier alpha value is -2.56. The summed E-state index contributed by atoms with van der Waals surface area (Å²) >= 11 is 0.893. The minimum atomic E-state index is -5.03. The van der Waals surface area contributed by atoms with Crippen molar-refractivity contribution in [3.05, 3.63) is 40.8 Å². The number of benzene rings is 1. The molecule has 1 heterocycles. The van der Waals surface area contributed by atoms with Crippen LogP contribution in [-0.2, 0) is 14.3 Å². The van der Waals surface area contributed by atoms with Crippen molar-refractivity contribution >= 4 is 47.5 Å². The molecule has 0 aromatic heterocycles. The summed E-state index contributed by atoms with van der Waals surface area (Å²) in [7, 11) is 1.18. The lowest BCUT2D eigenvalue weighted by Gasteiger charge is -2.14. The van der Waals surface area contributed by atoms with Crippen molar-refractivity contribution in [1.82, 2.24) is 5.32 Å². The molecule has 1 aliphatic rings. The van der Waals surface area contributed by atoms with E-state index in [1.807, 2.05) is 0 Å². The van der Waals surface area contributed by atoms with Crippen molar-refractivity contribution in [2.75, 3.05) is 7.11 Å². The van der Waals surface area contributed by atoms with E-state index in [4.69, 9.17) is 0 Å². The molecule has 11 heteroatoms. The van der Waals surface area contributed by atoms with Gasteiger partial charge in [-0.25, -0.2) is 4.79 Å². The fourth-order valence-corrected chi connectivity index (χ4v) is 2.33. The first-order valence-corrected chi connectivity index (χ1v) is 7.31. The first kappa shape index (κ1) is 17.8. The first-order chi connectivity index (χ1) is 11.3. The summed E-state index contributed by atoms with van der Waals surface area (Å²) in [6, 6.07) is 4.43. The molecule has 1 N–H and O–H groups in total. The highest BCUT2D eigenvalue weighted by atomic mass is 32.2. The predicted molar refractivity (Wildman–Crippen MR) is 86.0 cm³/mol. The van der Waals surface area contributed by atoms with Crippen LogP contribution in [0.5, 0.6) is 0 Å². The first-order valence-electron chi connectivity index (χ1n) is 6.49. The number of hydrogen-bond acceptors (Lipinski definition) is 6. The average molecular weight is 356 g/mol. The molecule has 0 atom stereocenters. The highest BCUT2D eigenvalue weighted by Crippen LogP contribution is 2.23. The van der Waals surface area contributed by atoms with Gasteiger partial charge in [0.25, 0.3) is 5.91 Å². The molecule has 1 aromatic carbocycles. The van der Waals surface area contributed by atoms with Crippen molar-refractivity contribution in [1.29, 1.82) is 0 Å². The number of esters is 1. The molecule has 1 fully saturated rings. The third kappa shape index (κ3) is 4.72. The number of carbonyl (C=O) groups is 2. The molecule has 0 bridgehead atoms. The van der Waals surface area contributed by atoms with E-state index in [-0.39, 0.29) is 10.1 Å². The number of rotatable bonds is 4. The lowest BCUT2D eigenvalue weighted by molar-refractivity contribution is -0.135. The smallest absolute Gasteiger partial charge is 0.466 e. The van der Waals surface area contributed by atoms with E-state index in [0.29, 0.717) is 5.56 Å². The quantitative estimate of drug-likeness (QED) is 0.290. The summed E-state index contributed by atoms with van der Waals surface area (Å²) in [5.41, 5.74) is -0.280. The molecule has 6 nitrogen and oxygen atoms in total. The van der Waals surface area contributed by atoms with Gasteiger partial charge in [0.15, 0.2) is 5.17 Å². The number of ether oxygens (including phenoxy) is 1. The monoisotopic (exact) mass is 356 g/mol. The minimum Gasteiger partial charge on any atom is -0.466 e. The van der Waals surface area contributed by atoms with Crippen LogP contribution >= 0.6 is 11.8 Å². The van der Waals surface area contributed by atoms with E-state index in [1.54, 1.807) is 0 Å². The standard InChI is InChI=1S/C13H10BF3N3O3S/c1-23-11(21)6-10-12(22)19-13(24-10)20-18-7-8-2-4-9(5-3-8)14(15,16)17/h2-7H,1H3,(H,19,20,22)/q-1/b10-6+,18-7?. The van der Waals surface area contributed by atoms with E-state index in [0.717, 1.165) is 30.0 Å².